The summed E-state index contributed by atoms with van der Waals surface area (Å²) in [5.74, 6) is -0.0207. The predicted molar refractivity (Wildman–Crippen MR) is 53.7 cm³/mol. The quantitative estimate of drug-likeness (QED) is 0.775. The van der Waals surface area contributed by atoms with Gasteiger partial charge in [0.05, 0.1) is 0 Å². The lowest BCUT2D eigenvalue weighted by molar-refractivity contribution is -0.119. The number of benzene rings is 1. The molecule has 0 saturated heterocycles. The monoisotopic (exact) mass is 197 g/mol. The summed E-state index contributed by atoms with van der Waals surface area (Å²) in [7, 11) is 0. The van der Waals surface area contributed by atoms with Crippen LogP contribution in [0.15, 0.2) is 18.2 Å². The Kier molecular flexibility index (Phi) is 3.32. The molecule has 1 N–H and O–H groups in total. The molecule has 0 aliphatic heterocycles. The Balaban J connectivity index is 2.68. The highest BCUT2D eigenvalue weighted by atomic mass is 35.5. The highest BCUT2D eigenvalue weighted by molar-refractivity contribution is 6.31. The van der Waals surface area contributed by atoms with Gasteiger partial charge in [-0.15, -0.1) is 0 Å². The second-order valence-corrected chi connectivity index (χ2v) is 3.40. The van der Waals surface area contributed by atoms with E-state index in [9.17, 15) is 4.79 Å². The number of amides is 1. The lowest BCUT2D eigenvalue weighted by Gasteiger charge is -2.04. The summed E-state index contributed by atoms with van der Waals surface area (Å²) in [6.45, 7) is 4.01. The zero-order valence-corrected chi connectivity index (χ0v) is 8.48. The Morgan fingerprint density at radius 3 is 2.77 bits per heavy atom. The Morgan fingerprint density at radius 2 is 2.23 bits per heavy atom. The van der Waals surface area contributed by atoms with Gasteiger partial charge in [0.25, 0.3) is 0 Å². The molecule has 0 saturated carbocycles. The summed E-state index contributed by atoms with van der Waals surface area (Å²) in [6, 6.07) is 5.72. The molecule has 0 radical (unpaired) electrons. The Morgan fingerprint density at radius 1 is 1.54 bits per heavy atom. The van der Waals surface area contributed by atoms with Crippen LogP contribution in [0.25, 0.3) is 0 Å². The van der Waals surface area contributed by atoms with E-state index in [1.807, 2.05) is 25.1 Å². The molecule has 1 aromatic rings. The molecule has 0 unspecified atom stereocenters. The summed E-state index contributed by atoms with van der Waals surface area (Å²) in [5.41, 5.74) is 2.10. The Labute approximate surface area is 82.9 Å². The first-order valence-electron chi connectivity index (χ1n) is 4.09. The van der Waals surface area contributed by atoms with E-state index < -0.39 is 0 Å². The van der Waals surface area contributed by atoms with Gasteiger partial charge in [-0.25, -0.2) is 0 Å². The van der Waals surface area contributed by atoms with Crippen LogP contribution in [0.2, 0.25) is 5.02 Å². The largest absolute Gasteiger partial charge is 0.352 e. The third kappa shape index (κ3) is 3.07. The highest BCUT2D eigenvalue weighted by Crippen LogP contribution is 2.15. The standard InChI is InChI=1S/C10H12ClNO/c1-7-5-9(3-4-10(7)11)6-12-8(2)13/h3-5H,6H2,1-2H3,(H,12,13). The first kappa shape index (κ1) is 10.1. The number of carbonyl (C=O) groups is 1. The lowest BCUT2D eigenvalue weighted by Crippen LogP contribution is -2.18. The van der Waals surface area contributed by atoms with Crippen molar-refractivity contribution in [2.24, 2.45) is 0 Å². The van der Waals surface area contributed by atoms with Crippen molar-refractivity contribution >= 4 is 17.5 Å². The average Bonchev–Trinajstić information content (AvgIpc) is 2.07. The molecule has 0 atom stereocenters. The number of rotatable bonds is 2. The molecule has 13 heavy (non-hydrogen) atoms. The van der Waals surface area contributed by atoms with Gasteiger partial charge in [0.2, 0.25) is 5.91 Å². The van der Waals surface area contributed by atoms with Gasteiger partial charge in [0.15, 0.2) is 0 Å². The van der Waals surface area contributed by atoms with Gasteiger partial charge in [0.1, 0.15) is 0 Å². The van der Waals surface area contributed by atoms with Gasteiger partial charge in [-0.1, -0.05) is 23.7 Å². The van der Waals surface area contributed by atoms with E-state index in [0.29, 0.717) is 6.54 Å². The van der Waals surface area contributed by atoms with Crippen LogP contribution in [-0.2, 0) is 11.3 Å². The zero-order chi connectivity index (χ0) is 9.84. The van der Waals surface area contributed by atoms with Crippen molar-refractivity contribution in [2.45, 2.75) is 20.4 Å². The topological polar surface area (TPSA) is 29.1 Å². The highest BCUT2D eigenvalue weighted by Gasteiger charge is 1.97. The van der Waals surface area contributed by atoms with Gasteiger partial charge in [0, 0.05) is 18.5 Å². The SMILES string of the molecule is CC(=O)NCc1ccc(Cl)c(C)c1. The van der Waals surface area contributed by atoms with E-state index in [1.165, 1.54) is 6.92 Å². The minimum Gasteiger partial charge on any atom is -0.352 e. The number of halogens is 1. The van der Waals surface area contributed by atoms with Gasteiger partial charge < -0.3 is 5.32 Å². The lowest BCUT2D eigenvalue weighted by atomic mass is 10.1. The molecule has 1 rings (SSSR count). The van der Waals surface area contributed by atoms with E-state index >= 15 is 0 Å². The fourth-order valence-corrected chi connectivity index (χ4v) is 1.16. The van der Waals surface area contributed by atoms with Gasteiger partial charge in [-0.05, 0) is 24.1 Å². The molecule has 0 bridgehead atoms. The van der Waals surface area contributed by atoms with Gasteiger partial charge >= 0.3 is 0 Å². The van der Waals surface area contributed by atoms with Crippen LogP contribution in [0.1, 0.15) is 18.1 Å². The molecule has 0 aliphatic rings. The summed E-state index contributed by atoms with van der Waals surface area (Å²) < 4.78 is 0. The normalized spacial score (nSPS) is 9.77. The van der Waals surface area contributed by atoms with E-state index in [1.54, 1.807) is 0 Å². The van der Waals surface area contributed by atoms with Crippen LogP contribution in [0.4, 0.5) is 0 Å². The predicted octanol–water partition coefficient (Wildman–Crippen LogP) is 2.28. The minimum absolute atomic E-state index is 0.0207. The maximum atomic E-state index is 10.6. The summed E-state index contributed by atoms with van der Waals surface area (Å²) in [4.78, 5) is 10.6. The molecule has 0 aromatic heterocycles. The molecule has 0 heterocycles. The van der Waals surface area contributed by atoms with Crippen molar-refractivity contribution < 1.29 is 4.79 Å². The third-order valence-corrected chi connectivity index (χ3v) is 2.19. The molecule has 0 aliphatic carbocycles. The zero-order valence-electron chi connectivity index (χ0n) is 7.73. The second-order valence-electron chi connectivity index (χ2n) is 2.99. The fraction of sp³-hybridized carbons (Fsp3) is 0.300. The van der Waals surface area contributed by atoms with Crippen LogP contribution in [0.3, 0.4) is 0 Å². The number of carbonyl (C=O) groups excluding carboxylic acids is 1. The summed E-state index contributed by atoms with van der Waals surface area (Å²) in [5, 5.41) is 3.48. The van der Waals surface area contributed by atoms with Gasteiger partial charge in [-0.2, -0.15) is 0 Å². The first-order valence-corrected chi connectivity index (χ1v) is 4.47. The van der Waals surface area contributed by atoms with Crippen LogP contribution in [0.5, 0.6) is 0 Å². The molecule has 2 nitrogen and oxygen atoms in total. The van der Waals surface area contributed by atoms with Crippen molar-refractivity contribution in [3.05, 3.63) is 34.3 Å². The third-order valence-electron chi connectivity index (χ3n) is 1.76. The van der Waals surface area contributed by atoms with Gasteiger partial charge in [-0.3, -0.25) is 4.79 Å². The first-order chi connectivity index (χ1) is 6.09. The minimum atomic E-state index is -0.0207. The van der Waals surface area contributed by atoms with Crippen LogP contribution in [0, 0.1) is 6.92 Å². The van der Waals surface area contributed by atoms with E-state index in [2.05, 4.69) is 5.32 Å². The Hall–Kier alpha value is -1.02. The van der Waals surface area contributed by atoms with Crippen molar-refractivity contribution in [1.82, 2.24) is 5.32 Å². The molecule has 70 valence electrons. The smallest absolute Gasteiger partial charge is 0.217 e. The van der Waals surface area contributed by atoms with Crippen LogP contribution in [-0.4, -0.2) is 5.91 Å². The second kappa shape index (κ2) is 4.28. The molecule has 1 amide bonds. The molecular formula is C10H12ClNO. The number of hydrogen-bond acceptors (Lipinski definition) is 1. The summed E-state index contributed by atoms with van der Waals surface area (Å²) in [6.07, 6.45) is 0. The van der Waals surface area contributed by atoms with Crippen molar-refractivity contribution in [3.63, 3.8) is 0 Å². The van der Waals surface area contributed by atoms with Crippen LogP contribution >= 0.6 is 11.6 Å². The number of aryl methyl sites for hydroxylation is 1. The number of hydrogen-bond donors (Lipinski definition) is 1. The van der Waals surface area contributed by atoms with E-state index in [4.69, 9.17) is 11.6 Å². The average molecular weight is 198 g/mol. The maximum Gasteiger partial charge on any atom is 0.217 e. The van der Waals surface area contributed by atoms with E-state index in [-0.39, 0.29) is 5.91 Å². The maximum absolute atomic E-state index is 10.6. The molecule has 0 spiro atoms. The number of nitrogens with one attached hydrogen (secondary N) is 1. The Bertz CT molecular complexity index is 323. The molecule has 1 aromatic carbocycles. The van der Waals surface area contributed by atoms with E-state index in [0.717, 1.165) is 16.1 Å². The van der Waals surface area contributed by atoms with Crippen molar-refractivity contribution in [3.8, 4) is 0 Å². The molecule has 3 heteroatoms. The molecular weight excluding hydrogens is 186 g/mol. The van der Waals surface area contributed by atoms with Crippen LogP contribution < -0.4 is 5.32 Å². The summed E-state index contributed by atoms with van der Waals surface area (Å²) >= 11 is 5.86. The molecule has 0 fully saturated rings. The van der Waals surface area contributed by atoms with Crippen molar-refractivity contribution in [1.29, 1.82) is 0 Å². The fourth-order valence-electron chi connectivity index (χ4n) is 1.04. The van der Waals surface area contributed by atoms with Crippen molar-refractivity contribution in [2.75, 3.05) is 0 Å².